The van der Waals surface area contributed by atoms with Crippen LogP contribution in [-0.4, -0.2) is 24.8 Å². The summed E-state index contributed by atoms with van der Waals surface area (Å²) in [4.78, 5) is 6.69. The number of nitrogens with zero attached hydrogens (tertiary/aromatic N) is 2. The van der Waals surface area contributed by atoms with E-state index in [4.69, 9.17) is 0 Å². The fourth-order valence-electron chi connectivity index (χ4n) is 1.42. The largest absolute Gasteiger partial charge is 0.366 e. The molecule has 2 nitrogen and oxygen atoms in total. The van der Waals surface area contributed by atoms with Crippen LogP contribution < -0.4 is 0 Å². The lowest BCUT2D eigenvalue weighted by Crippen LogP contribution is -2.26. The van der Waals surface area contributed by atoms with Crippen molar-refractivity contribution in [3.63, 3.8) is 0 Å². The first-order chi connectivity index (χ1) is 7.00. The second kappa shape index (κ2) is 5.31. The van der Waals surface area contributed by atoms with E-state index in [0.29, 0.717) is 5.92 Å². The molecule has 1 aromatic carbocycles. The van der Waals surface area contributed by atoms with Crippen LogP contribution in [0.5, 0.6) is 0 Å². The van der Waals surface area contributed by atoms with Gasteiger partial charge in [0.2, 0.25) is 0 Å². The van der Waals surface area contributed by atoms with Crippen LogP contribution >= 0.6 is 15.9 Å². The molecule has 1 rings (SSSR count). The van der Waals surface area contributed by atoms with Crippen molar-refractivity contribution in [2.45, 2.75) is 13.8 Å². The van der Waals surface area contributed by atoms with Crippen LogP contribution in [0.3, 0.4) is 0 Å². The predicted molar refractivity (Wildman–Crippen MR) is 69.8 cm³/mol. The Labute approximate surface area is 100 Å². The second-order valence-corrected chi connectivity index (χ2v) is 4.91. The van der Waals surface area contributed by atoms with E-state index in [2.05, 4.69) is 39.7 Å². The molecule has 15 heavy (non-hydrogen) atoms. The first kappa shape index (κ1) is 12.2. The fourth-order valence-corrected chi connectivity index (χ4v) is 1.81. The van der Waals surface area contributed by atoms with Gasteiger partial charge in [0.05, 0.1) is 5.69 Å². The molecule has 1 aromatic rings. The Morgan fingerprint density at radius 1 is 1.33 bits per heavy atom. The van der Waals surface area contributed by atoms with Crippen molar-refractivity contribution in [1.82, 2.24) is 4.90 Å². The van der Waals surface area contributed by atoms with Gasteiger partial charge in [-0.2, -0.15) is 0 Å². The maximum Gasteiger partial charge on any atom is 0.107 e. The third-order valence-electron chi connectivity index (χ3n) is 2.03. The molecule has 0 heterocycles. The van der Waals surface area contributed by atoms with Gasteiger partial charge in [-0.1, -0.05) is 35.8 Å². The second-order valence-electron chi connectivity index (χ2n) is 4.00. The number of hydrogen-bond acceptors (Lipinski definition) is 1. The number of aliphatic imine (C=N–C) groups is 1. The Hall–Kier alpha value is -0.830. The molecule has 0 amide bonds. The van der Waals surface area contributed by atoms with Crippen LogP contribution in [0, 0.1) is 5.92 Å². The summed E-state index contributed by atoms with van der Waals surface area (Å²) in [5, 5.41) is 0. The number of halogens is 1. The van der Waals surface area contributed by atoms with Crippen molar-refractivity contribution in [2.24, 2.45) is 10.9 Å². The average molecular weight is 269 g/mol. The number of benzene rings is 1. The van der Waals surface area contributed by atoms with Crippen LogP contribution in [0.25, 0.3) is 0 Å². The van der Waals surface area contributed by atoms with E-state index in [9.17, 15) is 0 Å². The summed E-state index contributed by atoms with van der Waals surface area (Å²) in [5.74, 6) is 1.52. The summed E-state index contributed by atoms with van der Waals surface area (Å²) in [5.41, 5.74) is 0.988. The van der Waals surface area contributed by atoms with Crippen molar-refractivity contribution in [3.05, 3.63) is 28.7 Å². The topological polar surface area (TPSA) is 15.6 Å². The Kier molecular flexibility index (Phi) is 4.33. The zero-order chi connectivity index (χ0) is 11.4. The van der Waals surface area contributed by atoms with Gasteiger partial charge in [0, 0.05) is 24.5 Å². The highest BCUT2D eigenvalue weighted by Crippen LogP contribution is 2.19. The predicted octanol–water partition coefficient (Wildman–Crippen LogP) is 3.70. The van der Waals surface area contributed by atoms with Crippen molar-refractivity contribution in [3.8, 4) is 0 Å². The molecule has 0 aliphatic heterocycles. The molecule has 0 aromatic heterocycles. The summed E-state index contributed by atoms with van der Waals surface area (Å²) in [6, 6.07) is 8.03. The normalized spacial score (nSPS) is 12.0. The Morgan fingerprint density at radius 2 is 2.00 bits per heavy atom. The van der Waals surface area contributed by atoms with E-state index >= 15 is 0 Å². The van der Waals surface area contributed by atoms with E-state index in [1.807, 2.05) is 38.4 Å². The van der Waals surface area contributed by atoms with Crippen molar-refractivity contribution in [1.29, 1.82) is 0 Å². The first-order valence-corrected chi connectivity index (χ1v) is 5.81. The lowest BCUT2D eigenvalue weighted by Gasteiger charge is -2.19. The van der Waals surface area contributed by atoms with Gasteiger partial charge in [-0.25, -0.2) is 4.99 Å². The maximum atomic E-state index is 4.63. The molecule has 0 unspecified atom stereocenters. The van der Waals surface area contributed by atoms with E-state index in [1.54, 1.807) is 0 Å². The molecule has 0 bridgehead atoms. The molecular formula is C12H17BrN2. The SMILES string of the molecule is CC(C)C(=Nc1cccc(Br)c1)N(C)C. The third kappa shape index (κ3) is 3.67. The monoisotopic (exact) mass is 268 g/mol. The lowest BCUT2D eigenvalue weighted by molar-refractivity contribution is 0.575. The molecule has 0 aliphatic carbocycles. The minimum absolute atomic E-state index is 0.430. The third-order valence-corrected chi connectivity index (χ3v) is 2.52. The van der Waals surface area contributed by atoms with Gasteiger partial charge in [-0.3, -0.25) is 0 Å². The smallest absolute Gasteiger partial charge is 0.107 e. The molecule has 0 saturated carbocycles. The summed E-state index contributed by atoms with van der Waals surface area (Å²) < 4.78 is 1.06. The van der Waals surface area contributed by atoms with E-state index < -0.39 is 0 Å². The summed E-state index contributed by atoms with van der Waals surface area (Å²) in [7, 11) is 4.05. The van der Waals surface area contributed by atoms with Crippen LogP contribution in [-0.2, 0) is 0 Å². The molecule has 0 saturated heterocycles. The van der Waals surface area contributed by atoms with Crippen LogP contribution in [0.4, 0.5) is 5.69 Å². The molecule has 0 spiro atoms. The fraction of sp³-hybridized carbons (Fsp3) is 0.417. The van der Waals surface area contributed by atoms with Crippen LogP contribution in [0.2, 0.25) is 0 Å². The summed E-state index contributed by atoms with van der Waals surface area (Å²) >= 11 is 3.44. The highest BCUT2D eigenvalue weighted by atomic mass is 79.9. The van der Waals surface area contributed by atoms with Crippen LogP contribution in [0.15, 0.2) is 33.7 Å². The van der Waals surface area contributed by atoms with Gasteiger partial charge in [0.25, 0.3) is 0 Å². The number of rotatable bonds is 2. The molecule has 0 radical (unpaired) electrons. The number of hydrogen-bond donors (Lipinski definition) is 0. The van der Waals surface area contributed by atoms with Gasteiger partial charge >= 0.3 is 0 Å². The Balaban J connectivity index is 3.02. The van der Waals surface area contributed by atoms with Crippen molar-refractivity contribution in [2.75, 3.05) is 14.1 Å². The first-order valence-electron chi connectivity index (χ1n) is 5.02. The molecule has 0 N–H and O–H groups in total. The van der Waals surface area contributed by atoms with Crippen LogP contribution in [0.1, 0.15) is 13.8 Å². The Morgan fingerprint density at radius 3 is 2.47 bits per heavy atom. The average Bonchev–Trinajstić information content (AvgIpc) is 2.13. The summed E-state index contributed by atoms with van der Waals surface area (Å²) in [6.45, 7) is 4.30. The van der Waals surface area contributed by atoms with Gasteiger partial charge in [0.1, 0.15) is 5.84 Å². The van der Waals surface area contributed by atoms with Gasteiger partial charge < -0.3 is 4.90 Å². The lowest BCUT2D eigenvalue weighted by atomic mass is 10.2. The summed E-state index contributed by atoms with van der Waals surface area (Å²) in [6.07, 6.45) is 0. The molecule has 0 atom stereocenters. The molecule has 82 valence electrons. The standard InChI is InChI=1S/C12H17BrN2/c1-9(2)12(15(3)4)14-11-7-5-6-10(13)8-11/h5-9H,1-4H3. The molecule has 0 aliphatic rings. The highest BCUT2D eigenvalue weighted by molar-refractivity contribution is 9.10. The Bertz CT molecular complexity index is 346. The quantitative estimate of drug-likeness (QED) is 0.590. The number of amidine groups is 1. The van der Waals surface area contributed by atoms with E-state index in [-0.39, 0.29) is 0 Å². The highest BCUT2D eigenvalue weighted by Gasteiger charge is 2.07. The van der Waals surface area contributed by atoms with E-state index in [0.717, 1.165) is 16.0 Å². The minimum atomic E-state index is 0.430. The molecule has 3 heteroatoms. The van der Waals surface area contributed by atoms with Gasteiger partial charge in [-0.15, -0.1) is 0 Å². The molecular weight excluding hydrogens is 252 g/mol. The van der Waals surface area contributed by atoms with Gasteiger partial charge in [-0.05, 0) is 18.2 Å². The molecule has 0 fully saturated rings. The van der Waals surface area contributed by atoms with E-state index in [1.165, 1.54) is 0 Å². The minimum Gasteiger partial charge on any atom is -0.366 e. The van der Waals surface area contributed by atoms with Crippen molar-refractivity contribution < 1.29 is 0 Å². The van der Waals surface area contributed by atoms with Gasteiger partial charge in [0.15, 0.2) is 0 Å². The van der Waals surface area contributed by atoms with Crippen molar-refractivity contribution >= 4 is 27.5 Å². The maximum absolute atomic E-state index is 4.63. The zero-order valence-corrected chi connectivity index (χ0v) is 11.2. The zero-order valence-electron chi connectivity index (χ0n) is 9.66.